The van der Waals surface area contributed by atoms with E-state index in [1.165, 1.54) is 53.4 Å². The highest BCUT2D eigenvalue weighted by molar-refractivity contribution is 7.92. The average molecular weight is 560 g/mol. The van der Waals surface area contributed by atoms with Crippen molar-refractivity contribution in [3.8, 4) is 0 Å². The maximum absolute atomic E-state index is 13.8. The van der Waals surface area contributed by atoms with Gasteiger partial charge in [0.25, 0.3) is 10.0 Å². The summed E-state index contributed by atoms with van der Waals surface area (Å²) in [5, 5.41) is 3.20. The number of amides is 2. The number of carbonyl (C=O) groups excluding carboxylic acids is 2. The molecule has 202 valence electrons. The maximum atomic E-state index is 13.8. The fourth-order valence-corrected chi connectivity index (χ4v) is 5.30. The molecule has 0 aromatic heterocycles. The Labute approximate surface area is 228 Å². The number of para-hydroxylation sites is 1. The molecule has 10 heteroatoms. The van der Waals surface area contributed by atoms with Crippen LogP contribution in [0.3, 0.4) is 0 Å². The van der Waals surface area contributed by atoms with Crippen molar-refractivity contribution < 1.29 is 22.4 Å². The minimum atomic E-state index is -4.16. The summed E-state index contributed by atoms with van der Waals surface area (Å²) in [5.41, 5.74) is 0.886. The van der Waals surface area contributed by atoms with Crippen LogP contribution in [0.25, 0.3) is 0 Å². The van der Waals surface area contributed by atoms with Crippen LogP contribution in [-0.2, 0) is 26.2 Å². The van der Waals surface area contributed by atoms with Gasteiger partial charge in [-0.2, -0.15) is 0 Å². The van der Waals surface area contributed by atoms with Crippen LogP contribution in [0.15, 0.2) is 83.8 Å². The Morgan fingerprint density at radius 2 is 1.61 bits per heavy atom. The molecule has 0 bridgehead atoms. The zero-order valence-corrected chi connectivity index (χ0v) is 22.9. The first-order valence-electron chi connectivity index (χ1n) is 12.3. The van der Waals surface area contributed by atoms with Crippen LogP contribution in [0.5, 0.6) is 0 Å². The molecule has 3 aromatic carbocycles. The second kappa shape index (κ2) is 13.4. The Morgan fingerprint density at radius 1 is 0.974 bits per heavy atom. The van der Waals surface area contributed by atoms with E-state index in [0.717, 1.165) is 17.1 Å². The quantitative estimate of drug-likeness (QED) is 0.316. The fourth-order valence-electron chi connectivity index (χ4n) is 3.76. The number of carbonyl (C=O) groups is 2. The normalized spacial score (nSPS) is 12.0. The highest BCUT2D eigenvalue weighted by Gasteiger charge is 2.32. The molecule has 2 amide bonds. The summed E-state index contributed by atoms with van der Waals surface area (Å²) in [6.07, 6.45) is 1.67. The lowest BCUT2D eigenvalue weighted by Gasteiger charge is -2.32. The number of unbranched alkanes of at least 4 members (excludes halogenated alkanes) is 1. The molecule has 0 radical (unpaired) electrons. The first kappa shape index (κ1) is 29.1. The lowest BCUT2D eigenvalue weighted by molar-refractivity contribution is -0.139. The first-order valence-corrected chi connectivity index (χ1v) is 14.1. The van der Waals surface area contributed by atoms with Crippen LogP contribution in [0, 0.1) is 5.82 Å². The fraction of sp³-hybridized carbons (Fsp3) is 0.286. The second-order valence-electron chi connectivity index (χ2n) is 8.77. The van der Waals surface area contributed by atoms with Gasteiger partial charge in [0, 0.05) is 18.1 Å². The van der Waals surface area contributed by atoms with E-state index in [1.54, 1.807) is 37.3 Å². The summed E-state index contributed by atoms with van der Waals surface area (Å²) in [4.78, 5) is 27.9. The van der Waals surface area contributed by atoms with Crippen LogP contribution < -0.4 is 9.62 Å². The minimum Gasteiger partial charge on any atom is -0.354 e. The van der Waals surface area contributed by atoms with Gasteiger partial charge in [0.2, 0.25) is 11.8 Å². The van der Waals surface area contributed by atoms with Gasteiger partial charge in [0.1, 0.15) is 18.4 Å². The third kappa shape index (κ3) is 7.55. The Bertz CT molecular complexity index is 1320. The second-order valence-corrected chi connectivity index (χ2v) is 11.1. The van der Waals surface area contributed by atoms with Crippen molar-refractivity contribution in [1.29, 1.82) is 0 Å². The van der Waals surface area contributed by atoms with Crippen molar-refractivity contribution >= 4 is 39.1 Å². The summed E-state index contributed by atoms with van der Waals surface area (Å²) in [7, 11) is -4.16. The summed E-state index contributed by atoms with van der Waals surface area (Å²) in [6, 6.07) is 18.6. The van der Waals surface area contributed by atoms with E-state index < -0.39 is 34.3 Å². The number of hydrogen-bond donors (Lipinski definition) is 1. The van der Waals surface area contributed by atoms with Crippen molar-refractivity contribution in [1.82, 2.24) is 10.2 Å². The Hall–Kier alpha value is -3.43. The Kier molecular flexibility index (Phi) is 10.3. The molecule has 3 aromatic rings. The van der Waals surface area contributed by atoms with E-state index in [-0.39, 0.29) is 23.0 Å². The van der Waals surface area contributed by atoms with Gasteiger partial charge in [-0.1, -0.05) is 55.3 Å². The van der Waals surface area contributed by atoms with E-state index >= 15 is 0 Å². The number of rotatable bonds is 12. The Balaban J connectivity index is 1.96. The molecule has 0 saturated carbocycles. The van der Waals surface area contributed by atoms with Crippen LogP contribution in [-0.4, -0.2) is 44.3 Å². The van der Waals surface area contributed by atoms with Crippen LogP contribution in [0.1, 0.15) is 32.3 Å². The topological polar surface area (TPSA) is 86.8 Å². The van der Waals surface area contributed by atoms with Gasteiger partial charge < -0.3 is 10.2 Å². The lowest BCUT2D eigenvalue weighted by atomic mass is 10.1. The smallest absolute Gasteiger partial charge is 0.264 e. The van der Waals surface area contributed by atoms with E-state index in [1.807, 2.05) is 6.92 Å². The van der Waals surface area contributed by atoms with Gasteiger partial charge in [-0.3, -0.25) is 13.9 Å². The summed E-state index contributed by atoms with van der Waals surface area (Å²) < 4.78 is 41.8. The SMILES string of the molecule is CCCCNC(=O)C(C)N(Cc1ccc(F)cc1)C(=O)CN(c1ccccc1)S(=O)(=O)c1ccc(Cl)cc1. The summed E-state index contributed by atoms with van der Waals surface area (Å²) in [6.45, 7) is 3.48. The van der Waals surface area contributed by atoms with Crippen molar-refractivity contribution in [2.24, 2.45) is 0 Å². The van der Waals surface area contributed by atoms with Gasteiger partial charge in [-0.05, 0) is 67.4 Å². The molecule has 0 aliphatic carbocycles. The molecular weight excluding hydrogens is 529 g/mol. The van der Waals surface area contributed by atoms with E-state index in [2.05, 4.69) is 5.32 Å². The first-order chi connectivity index (χ1) is 18.1. The number of halogens is 2. The molecule has 0 heterocycles. The lowest BCUT2D eigenvalue weighted by Crippen LogP contribution is -2.51. The molecule has 7 nitrogen and oxygen atoms in total. The van der Waals surface area contributed by atoms with E-state index in [0.29, 0.717) is 17.1 Å². The van der Waals surface area contributed by atoms with Crippen molar-refractivity contribution in [2.45, 2.75) is 44.2 Å². The van der Waals surface area contributed by atoms with Crippen molar-refractivity contribution in [2.75, 3.05) is 17.4 Å². The number of sulfonamides is 1. The molecule has 0 spiro atoms. The number of anilines is 1. The highest BCUT2D eigenvalue weighted by atomic mass is 35.5. The number of benzene rings is 3. The number of nitrogens with one attached hydrogen (secondary N) is 1. The summed E-state index contributed by atoms with van der Waals surface area (Å²) in [5.74, 6) is -1.38. The molecule has 1 atom stereocenters. The van der Waals surface area contributed by atoms with Gasteiger partial charge in [0.05, 0.1) is 10.6 Å². The largest absolute Gasteiger partial charge is 0.354 e. The third-order valence-electron chi connectivity index (χ3n) is 5.99. The van der Waals surface area contributed by atoms with E-state index in [4.69, 9.17) is 11.6 Å². The van der Waals surface area contributed by atoms with Gasteiger partial charge in [0.15, 0.2) is 0 Å². The van der Waals surface area contributed by atoms with Crippen LogP contribution in [0.4, 0.5) is 10.1 Å². The third-order valence-corrected chi connectivity index (χ3v) is 8.03. The molecule has 1 N–H and O–H groups in total. The van der Waals surface area contributed by atoms with Crippen LogP contribution in [0.2, 0.25) is 5.02 Å². The molecule has 0 fully saturated rings. The molecular formula is C28H31ClFN3O4S. The zero-order chi connectivity index (χ0) is 27.7. The monoisotopic (exact) mass is 559 g/mol. The minimum absolute atomic E-state index is 0.00883. The molecule has 0 aliphatic rings. The summed E-state index contributed by atoms with van der Waals surface area (Å²) >= 11 is 5.95. The van der Waals surface area contributed by atoms with Crippen molar-refractivity contribution in [3.63, 3.8) is 0 Å². The van der Waals surface area contributed by atoms with Crippen molar-refractivity contribution in [3.05, 3.63) is 95.3 Å². The molecule has 38 heavy (non-hydrogen) atoms. The molecule has 0 saturated heterocycles. The van der Waals surface area contributed by atoms with Gasteiger partial charge >= 0.3 is 0 Å². The highest BCUT2D eigenvalue weighted by Crippen LogP contribution is 2.25. The number of hydrogen-bond acceptors (Lipinski definition) is 4. The Morgan fingerprint density at radius 3 is 2.21 bits per heavy atom. The van der Waals surface area contributed by atoms with Crippen LogP contribution >= 0.6 is 11.6 Å². The van der Waals surface area contributed by atoms with Gasteiger partial charge in [-0.15, -0.1) is 0 Å². The number of nitrogens with zero attached hydrogens (tertiary/aromatic N) is 2. The zero-order valence-electron chi connectivity index (χ0n) is 21.3. The average Bonchev–Trinajstić information content (AvgIpc) is 2.91. The van der Waals surface area contributed by atoms with E-state index in [9.17, 15) is 22.4 Å². The predicted molar refractivity (Wildman–Crippen MR) is 147 cm³/mol. The molecule has 1 unspecified atom stereocenters. The predicted octanol–water partition coefficient (Wildman–Crippen LogP) is 5.01. The maximum Gasteiger partial charge on any atom is 0.264 e. The molecule has 0 aliphatic heterocycles. The van der Waals surface area contributed by atoms with Gasteiger partial charge in [-0.25, -0.2) is 12.8 Å². The standard InChI is InChI=1S/C28H31ClFN3O4S/c1-3-4-18-31-28(35)21(2)32(19-22-10-14-24(30)15-11-22)27(34)20-33(25-8-6-5-7-9-25)38(36,37)26-16-12-23(29)13-17-26/h5-17,21H,3-4,18-20H2,1-2H3,(H,31,35). The molecule has 3 rings (SSSR count).